The lowest BCUT2D eigenvalue weighted by Gasteiger charge is -2.12. The molecule has 0 aliphatic heterocycles. The molecule has 1 aliphatic carbocycles. The minimum absolute atomic E-state index is 0.220. The van der Waals surface area contributed by atoms with Crippen molar-refractivity contribution in [2.75, 3.05) is 11.9 Å². The van der Waals surface area contributed by atoms with Gasteiger partial charge in [0.15, 0.2) is 0 Å². The summed E-state index contributed by atoms with van der Waals surface area (Å²) in [4.78, 5) is 11.7. The van der Waals surface area contributed by atoms with E-state index in [1.807, 2.05) is 6.07 Å². The highest BCUT2D eigenvalue weighted by Crippen LogP contribution is 2.24. The molecule has 19 heavy (non-hydrogen) atoms. The molecule has 2 rings (SSSR count). The van der Waals surface area contributed by atoms with Gasteiger partial charge < -0.3 is 15.7 Å². The largest absolute Gasteiger partial charge is 0.393 e. The molecule has 1 saturated carbocycles. The van der Waals surface area contributed by atoms with Crippen LogP contribution in [0.3, 0.4) is 0 Å². The number of carbonyl (C=O) groups excluding carboxylic acids is 1. The van der Waals surface area contributed by atoms with Crippen molar-refractivity contribution in [2.45, 2.75) is 25.4 Å². The zero-order chi connectivity index (χ0) is 13.7. The van der Waals surface area contributed by atoms with Gasteiger partial charge in [0, 0.05) is 12.2 Å². The highest BCUT2D eigenvalue weighted by molar-refractivity contribution is 5.89. The summed E-state index contributed by atoms with van der Waals surface area (Å²) in [5, 5.41) is 23.6. The van der Waals surface area contributed by atoms with E-state index in [2.05, 4.69) is 10.6 Å². The number of carbonyl (C=O) groups is 1. The molecule has 0 heterocycles. The van der Waals surface area contributed by atoms with Crippen LogP contribution >= 0.6 is 0 Å². The fraction of sp³-hybridized carbons (Fsp3) is 0.429. The van der Waals surface area contributed by atoms with E-state index in [-0.39, 0.29) is 12.1 Å². The molecule has 0 bridgehead atoms. The number of rotatable bonds is 3. The molecule has 2 unspecified atom stereocenters. The second-order valence-electron chi connectivity index (χ2n) is 4.86. The normalized spacial score (nSPS) is 21.7. The van der Waals surface area contributed by atoms with E-state index in [0.717, 1.165) is 19.3 Å². The Morgan fingerprint density at radius 3 is 3.00 bits per heavy atom. The number of hydrogen-bond acceptors (Lipinski definition) is 3. The highest BCUT2D eigenvalue weighted by Gasteiger charge is 2.22. The average Bonchev–Trinajstić information content (AvgIpc) is 2.82. The van der Waals surface area contributed by atoms with Crippen LogP contribution in [0.2, 0.25) is 0 Å². The number of aliphatic hydroxyl groups excluding tert-OH is 1. The lowest BCUT2D eigenvalue weighted by molar-refractivity contribution is 0.177. The molecule has 5 heteroatoms. The van der Waals surface area contributed by atoms with Crippen LogP contribution in [0.15, 0.2) is 24.3 Å². The summed E-state index contributed by atoms with van der Waals surface area (Å²) in [7, 11) is 0. The predicted octanol–water partition coefficient (Wildman–Crippen LogP) is 1.84. The quantitative estimate of drug-likeness (QED) is 0.774. The van der Waals surface area contributed by atoms with Crippen LogP contribution in [0.4, 0.5) is 10.5 Å². The predicted molar refractivity (Wildman–Crippen MR) is 71.5 cm³/mol. The lowest BCUT2D eigenvalue weighted by atomic mass is 10.1. The van der Waals surface area contributed by atoms with Gasteiger partial charge in [-0.25, -0.2) is 4.79 Å². The number of anilines is 1. The maximum absolute atomic E-state index is 11.7. The van der Waals surface area contributed by atoms with E-state index < -0.39 is 0 Å². The maximum atomic E-state index is 11.7. The third-order valence-corrected chi connectivity index (χ3v) is 3.31. The molecule has 0 aromatic heterocycles. The molecule has 5 nitrogen and oxygen atoms in total. The van der Waals surface area contributed by atoms with Gasteiger partial charge in [-0.05, 0) is 43.4 Å². The van der Waals surface area contributed by atoms with Gasteiger partial charge in [-0.1, -0.05) is 6.07 Å². The summed E-state index contributed by atoms with van der Waals surface area (Å²) in [6, 6.07) is 8.51. The first-order valence-corrected chi connectivity index (χ1v) is 6.40. The van der Waals surface area contributed by atoms with Crippen molar-refractivity contribution in [3.8, 4) is 6.07 Å². The van der Waals surface area contributed by atoms with E-state index >= 15 is 0 Å². The summed E-state index contributed by atoms with van der Waals surface area (Å²) in [5.74, 6) is 0.353. The summed E-state index contributed by atoms with van der Waals surface area (Å²) in [5.41, 5.74) is 1.11. The summed E-state index contributed by atoms with van der Waals surface area (Å²) < 4.78 is 0. The van der Waals surface area contributed by atoms with Gasteiger partial charge in [0.2, 0.25) is 0 Å². The molecule has 100 valence electrons. The van der Waals surface area contributed by atoms with Crippen LogP contribution in [-0.4, -0.2) is 23.8 Å². The van der Waals surface area contributed by atoms with Gasteiger partial charge in [0.1, 0.15) is 0 Å². The van der Waals surface area contributed by atoms with Crippen molar-refractivity contribution in [1.82, 2.24) is 5.32 Å². The maximum Gasteiger partial charge on any atom is 0.319 e. The van der Waals surface area contributed by atoms with Gasteiger partial charge in [0.05, 0.1) is 17.7 Å². The van der Waals surface area contributed by atoms with Crippen molar-refractivity contribution in [1.29, 1.82) is 5.26 Å². The molecule has 0 spiro atoms. The van der Waals surface area contributed by atoms with Gasteiger partial charge in [-0.2, -0.15) is 5.26 Å². The number of nitrogens with one attached hydrogen (secondary N) is 2. The summed E-state index contributed by atoms with van der Waals surface area (Å²) in [6.45, 7) is 0.570. The molecule has 1 aromatic carbocycles. The molecule has 0 radical (unpaired) electrons. The minimum atomic E-state index is -0.281. The van der Waals surface area contributed by atoms with E-state index in [0.29, 0.717) is 23.7 Å². The molecule has 1 aromatic rings. The number of urea groups is 1. The number of nitriles is 1. The zero-order valence-electron chi connectivity index (χ0n) is 10.6. The van der Waals surface area contributed by atoms with Gasteiger partial charge >= 0.3 is 6.03 Å². The Labute approximate surface area is 112 Å². The van der Waals surface area contributed by atoms with E-state index in [1.54, 1.807) is 24.3 Å². The molecule has 2 atom stereocenters. The van der Waals surface area contributed by atoms with E-state index in [1.165, 1.54) is 0 Å². The number of aliphatic hydroxyl groups is 1. The molecule has 0 saturated heterocycles. The minimum Gasteiger partial charge on any atom is -0.393 e. The highest BCUT2D eigenvalue weighted by atomic mass is 16.3. The van der Waals surface area contributed by atoms with Crippen LogP contribution in [-0.2, 0) is 0 Å². The van der Waals surface area contributed by atoms with Gasteiger partial charge in [-0.15, -0.1) is 0 Å². The number of hydrogen-bond donors (Lipinski definition) is 3. The molecular weight excluding hydrogens is 242 g/mol. The van der Waals surface area contributed by atoms with E-state index in [9.17, 15) is 9.90 Å². The Bertz CT molecular complexity index is 496. The molecule has 2 amide bonds. The average molecular weight is 259 g/mol. The number of benzene rings is 1. The number of nitrogens with zero attached hydrogens (tertiary/aromatic N) is 1. The fourth-order valence-corrected chi connectivity index (χ4v) is 2.31. The topological polar surface area (TPSA) is 85.2 Å². The Morgan fingerprint density at radius 2 is 2.32 bits per heavy atom. The second-order valence-corrected chi connectivity index (χ2v) is 4.86. The summed E-state index contributed by atoms with van der Waals surface area (Å²) in [6.07, 6.45) is 2.30. The van der Waals surface area contributed by atoms with Gasteiger partial charge in [0.25, 0.3) is 0 Å². The zero-order valence-corrected chi connectivity index (χ0v) is 10.6. The Hall–Kier alpha value is -2.06. The molecule has 1 aliphatic rings. The van der Waals surface area contributed by atoms with Crippen molar-refractivity contribution in [2.24, 2.45) is 5.92 Å². The lowest BCUT2D eigenvalue weighted by Crippen LogP contribution is -2.32. The first-order valence-electron chi connectivity index (χ1n) is 6.40. The smallest absolute Gasteiger partial charge is 0.319 e. The van der Waals surface area contributed by atoms with Crippen molar-refractivity contribution >= 4 is 11.7 Å². The van der Waals surface area contributed by atoms with Crippen molar-refractivity contribution in [3.63, 3.8) is 0 Å². The molecule has 1 fully saturated rings. The van der Waals surface area contributed by atoms with Crippen LogP contribution in [0, 0.1) is 17.2 Å². The third-order valence-electron chi connectivity index (χ3n) is 3.31. The van der Waals surface area contributed by atoms with E-state index in [4.69, 9.17) is 5.26 Å². The van der Waals surface area contributed by atoms with Crippen LogP contribution in [0.5, 0.6) is 0 Å². The Morgan fingerprint density at radius 1 is 1.47 bits per heavy atom. The molecule has 3 N–H and O–H groups in total. The standard InChI is InChI=1S/C14H17N3O2/c15-8-10-2-1-3-12(6-10)17-14(19)16-9-11-4-5-13(18)7-11/h1-3,6,11,13,18H,4-5,7,9H2,(H2,16,17,19). The van der Waals surface area contributed by atoms with Gasteiger partial charge in [-0.3, -0.25) is 0 Å². The van der Waals surface area contributed by atoms with Crippen LogP contribution in [0.1, 0.15) is 24.8 Å². The Balaban J connectivity index is 1.79. The second kappa shape index (κ2) is 6.21. The third kappa shape index (κ3) is 3.97. The molecular formula is C14H17N3O2. The van der Waals surface area contributed by atoms with Crippen molar-refractivity contribution < 1.29 is 9.90 Å². The first-order chi connectivity index (χ1) is 9.17. The fourth-order valence-electron chi connectivity index (χ4n) is 2.31. The summed E-state index contributed by atoms with van der Waals surface area (Å²) >= 11 is 0. The van der Waals surface area contributed by atoms with Crippen LogP contribution < -0.4 is 10.6 Å². The van der Waals surface area contributed by atoms with Crippen LogP contribution in [0.25, 0.3) is 0 Å². The number of amides is 2. The van der Waals surface area contributed by atoms with Crippen molar-refractivity contribution in [3.05, 3.63) is 29.8 Å². The Kier molecular flexibility index (Phi) is 4.37. The first kappa shape index (κ1) is 13.4. The SMILES string of the molecule is N#Cc1cccc(NC(=O)NCC2CCC(O)C2)c1. The monoisotopic (exact) mass is 259 g/mol.